The molecule has 1 aromatic heterocycles. The molecule has 0 bridgehead atoms. The minimum absolute atomic E-state index is 0.244. The first-order valence-electron chi connectivity index (χ1n) is 6.93. The second-order valence-electron chi connectivity index (χ2n) is 5.04. The van der Waals surface area contributed by atoms with Crippen LogP contribution in [0.2, 0.25) is 0 Å². The SMILES string of the molecule is NCc1sc2ccccc2c1S(=O)(=O)NCC1CCCS1. The number of fused-ring (bicyclic) bond motifs is 1. The average Bonchev–Trinajstić information content (AvgIpc) is 3.12. The van der Waals surface area contributed by atoms with E-state index in [9.17, 15) is 8.42 Å². The van der Waals surface area contributed by atoms with Crippen molar-refractivity contribution in [1.29, 1.82) is 0 Å². The zero-order valence-electron chi connectivity index (χ0n) is 11.5. The first-order chi connectivity index (χ1) is 10.1. The van der Waals surface area contributed by atoms with Gasteiger partial charge in [-0.3, -0.25) is 0 Å². The number of benzene rings is 1. The Labute approximate surface area is 133 Å². The molecule has 4 nitrogen and oxygen atoms in total. The Hall–Kier alpha value is -0.600. The van der Waals surface area contributed by atoms with Crippen LogP contribution < -0.4 is 10.5 Å². The molecular formula is C14H18N2O2S3. The lowest BCUT2D eigenvalue weighted by Gasteiger charge is -2.11. The number of thioether (sulfide) groups is 1. The first kappa shape index (κ1) is 15.3. The van der Waals surface area contributed by atoms with Gasteiger partial charge in [-0.25, -0.2) is 13.1 Å². The normalized spacial score (nSPS) is 19.4. The van der Waals surface area contributed by atoms with E-state index in [1.165, 1.54) is 17.8 Å². The van der Waals surface area contributed by atoms with E-state index < -0.39 is 10.0 Å². The molecule has 1 aliphatic rings. The number of hydrogen-bond acceptors (Lipinski definition) is 5. The van der Waals surface area contributed by atoms with E-state index in [0.29, 0.717) is 16.7 Å². The van der Waals surface area contributed by atoms with Gasteiger partial charge in [-0.2, -0.15) is 11.8 Å². The van der Waals surface area contributed by atoms with Crippen LogP contribution in [0.15, 0.2) is 29.2 Å². The fourth-order valence-electron chi connectivity index (χ4n) is 2.58. The van der Waals surface area contributed by atoms with Crippen molar-refractivity contribution in [3.8, 4) is 0 Å². The third-order valence-corrected chi connectivity index (χ3v) is 7.87. The maximum Gasteiger partial charge on any atom is 0.242 e. The van der Waals surface area contributed by atoms with Gasteiger partial charge in [-0.1, -0.05) is 18.2 Å². The number of nitrogens with one attached hydrogen (secondary N) is 1. The van der Waals surface area contributed by atoms with Crippen molar-refractivity contribution in [2.24, 2.45) is 5.73 Å². The van der Waals surface area contributed by atoms with E-state index in [2.05, 4.69) is 4.72 Å². The van der Waals surface area contributed by atoms with Crippen LogP contribution in [0.4, 0.5) is 0 Å². The van der Waals surface area contributed by atoms with E-state index in [1.54, 1.807) is 0 Å². The van der Waals surface area contributed by atoms with Gasteiger partial charge in [0.05, 0.1) is 0 Å². The van der Waals surface area contributed by atoms with Gasteiger partial charge in [-0.15, -0.1) is 11.3 Å². The van der Waals surface area contributed by atoms with Crippen molar-refractivity contribution in [1.82, 2.24) is 4.72 Å². The number of rotatable bonds is 5. The fraction of sp³-hybridized carbons (Fsp3) is 0.429. The summed E-state index contributed by atoms with van der Waals surface area (Å²) >= 11 is 3.30. The highest BCUT2D eigenvalue weighted by Crippen LogP contribution is 2.34. The predicted octanol–water partition coefficient (Wildman–Crippen LogP) is 2.53. The molecule has 1 atom stereocenters. The minimum Gasteiger partial charge on any atom is -0.326 e. The van der Waals surface area contributed by atoms with Gasteiger partial charge >= 0.3 is 0 Å². The number of sulfonamides is 1. The highest BCUT2D eigenvalue weighted by Gasteiger charge is 2.25. The molecule has 0 aliphatic carbocycles. The summed E-state index contributed by atoms with van der Waals surface area (Å²) in [6, 6.07) is 7.56. The molecule has 1 aromatic carbocycles. The second kappa shape index (κ2) is 6.26. The summed E-state index contributed by atoms with van der Waals surface area (Å²) in [7, 11) is -3.51. The average molecular weight is 343 g/mol. The lowest BCUT2D eigenvalue weighted by atomic mass is 10.2. The van der Waals surface area contributed by atoms with E-state index >= 15 is 0 Å². The van der Waals surface area contributed by atoms with Gasteiger partial charge in [-0.05, 0) is 24.7 Å². The maximum atomic E-state index is 12.7. The Morgan fingerprint density at radius 1 is 1.33 bits per heavy atom. The third kappa shape index (κ3) is 3.12. The molecule has 21 heavy (non-hydrogen) atoms. The van der Waals surface area contributed by atoms with Crippen LogP contribution in [0.5, 0.6) is 0 Å². The molecule has 1 unspecified atom stereocenters. The van der Waals surface area contributed by atoms with Gasteiger partial charge in [0, 0.05) is 33.3 Å². The molecule has 2 aromatic rings. The van der Waals surface area contributed by atoms with E-state index in [4.69, 9.17) is 5.73 Å². The van der Waals surface area contributed by atoms with Crippen LogP contribution in [0.1, 0.15) is 17.7 Å². The summed E-state index contributed by atoms with van der Waals surface area (Å²) in [5.41, 5.74) is 5.74. The summed E-state index contributed by atoms with van der Waals surface area (Å²) in [5, 5.41) is 1.17. The number of thiophene rings is 1. The lowest BCUT2D eigenvalue weighted by Crippen LogP contribution is -2.30. The van der Waals surface area contributed by atoms with Gasteiger partial charge < -0.3 is 5.73 Å². The van der Waals surface area contributed by atoms with Gasteiger partial charge in [0.15, 0.2) is 0 Å². The topological polar surface area (TPSA) is 72.2 Å². The molecule has 0 spiro atoms. The van der Waals surface area contributed by atoms with Gasteiger partial charge in [0.2, 0.25) is 10.0 Å². The highest BCUT2D eigenvalue weighted by molar-refractivity contribution is 8.00. The Morgan fingerprint density at radius 2 is 2.14 bits per heavy atom. The third-order valence-electron chi connectivity index (χ3n) is 3.60. The zero-order chi connectivity index (χ0) is 14.9. The van der Waals surface area contributed by atoms with Crippen molar-refractivity contribution in [3.63, 3.8) is 0 Å². The van der Waals surface area contributed by atoms with Crippen molar-refractivity contribution >= 4 is 43.2 Å². The Bertz CT molecular complexity index is 734. The highest BCUT2D eigenvalue weighted by atomic mass is 32.2. The minimum atomic E-state index is -3.51. The first-order valence-corrected chi connectivity index (χ1v) is 10.3. The van der Waals surface area contributed by atoms with E-state index in [1.807, 2.05) is 36.0 Å². The molecule has 0 amide bonds. The zero-order valence-corrected chi connectivity index (χ0v) is 14.0. The Balaban J connectivity index is 1.93. The molecule has 3 N–H and O–H groups in total. The molecule has 1 aliphatic heterocycles. The van der Waals surface area contributed by atoms with Gasteiger partial charge in [0.1, 0.15) is 4.90 Å². The smallest absolute Gasteiger partial charge is 0.242 e. The molecule has 7 heteroatoms. The molecular weight excluding hydrogens is 324 g/mol. The fourth-order valence-corrected chi connectivity index (χ4v) is 6.80. The molecule has 1 fully saturated rings. The van der Waals surface area contributed by atoms with Crippen LogP contribution in [0.25, 0.3) is 10.1 Å². The Morgan fingerprint density at radius 3 is 2.86 bits per heavy atom. The molecule has 114 valence electrons. The standard InChI is InChI=1S/C14H18N2O2S3/c15-8-13-14(11-5-1-2-6-12(11)20-13)21(17,18)16-9-10-4-3-7-19-10/h1-2,5-6,10,16H,3-4,7-9,15H2. The quantitative estimate of drug-likeness (QED) is 0.876. The van der Waals surface area contributed by atoms with Crippen molar-refractivity contribution in [2.75, 3.05) is 12.3 Å². The van der Waals surface area contributed by atoms with Crippen molar-refractivity contribution < 1.29 is 8.42 Å². The predicted molar refractivity (Wildman–Crippen MR) is 90.4 cm³/mol. The van der Waals surface area contributed by atoms with Crippen LogP contribution >= 0.6 is 23.1 Å². The van der Waals surface area contributed by atoms with Crippen molar-refractivity contribution in [2.45, 2.75) is 29.5 Å². The van der Waals surface area contributed by atoms with Crippen LogP contribution in [0.3, 0.4) is 0 Å². The van der Waals surface area contributed by atoms with E-state index in [0.717, 1.165) is 27.1 Å². The van der Waals surface area contributed by atoms with Crippen LogP contribution in [0, 0.1) is 0 Å². The monoisotopic (exact) mass is 342 g/mol. The maximum absolute atomic E-state index is 12.7. The van der Waals surface area contributed by atoms with E-state index in [-0.39, 0.29) is 6.54 Å². The largest absolute Gasteiger partial charge is 0.326 e. The summed E-state index contributed by atoms with van der Waals surface area (Å²) in [4.78, 5) is 1.09. The Kier molecular flexibility index (Phi) is 4.56. The van der Waals surface area contributed by atoms with Crippen molar-refractivity contribution in [3.05, 3.63) is 29.1 Å². The van der Waals surface area contributed by atoms with Crippen LogP contribution in [-0.4, -0.2) is 26.0 Å². The summed E-state index contributed by atoms with van der Waals surface area (Å²) in [6.07, 6.45) is 2.26. The lowest BCUT2D eigenvalue weighted by molar-refractivity contribution is 0.579. The molecule has 0 radical (unpaired) electrons. The second-order valence-corrected chi connectivity index (χ2v) is 9.29. The van der Waals surface area contributed by atoms with Crippen LogP contribution in [-0.2, 0) is 16.6 Å². The summed E-state index contributed by atoms with van der Waals surface area (Å²) in [5.74, 6) is 1.13. The number of hydrogen-bond donors (Lipinski definition) is 2. The summed E-state index contributed by atoms with van der Waals surface area (Å²) < 4.78 is 29.1. The molecule has 1 saturated heterocycles. The number of nitrogens with two attached hydrogens (primary N) is 1. The molecule has 3 rings (SSSR count). The molecule has 2 heterocycles. The molecule has 0 saturated carbocycles. The van der Waals surface area contributed by atoms with Gasteiger partial charge in [0.25, 0.3) is 0 Å². The summed E-state index contributed by atoms with van der Waals surface area (Å²) in [6.45, 7) is 0.745.